The Bertz CT molecular complexity index is 335. The van der Waals surface area contributed by atoms with Crippen LogP contribution in [0.3, 0.4) is 0 Å². The Morgan fingerprint density at radius 2 is 1.83 bits per heavy atom. The van der Waals surface area contributed by atoms with Crippen molar-refractivity contribution in [2.45, 2.75) is 6.42 Å². The van der Waals surface area contributed by atoms with Crippen LogP contribution in [0, 0.1) is 0 Å². The first-order chi connectivity index (χ1) is 8.65. The minimum absolute atomic E-state index is 0.0178. The van der Waals surface area contributed by atoms with Gasteiger partial charge in [0.2, 0.25) is 0 Å². The van der Waals surface area contributed by atoms with E-state index in [4.69, 9.17) is 15.2 Å². The first-order valence-corrected chi connectivity index (χ1v) is 5.62. The highest BCUT2D eigenvalue weighted by molar-refractivity contribution is 6.12. The summed E-state index contributed by atoms with van der Waals surface area (Å²) in [7, 11) is 0. The van der Waals surface area contributed by atoms with E-state index in [1.165, 1.54) is 12.2 Å². The van der Waals surface area contributed by atoms with Crippen LogP contribution in [0.15, 0.2) is 12.2 Å². The van der Waals surface area contributed by atoms with E-state index in [1.807, 2.05) is 0 Å². The summed E-state index contributed by atoms with van der Waals surface area (Å²) >= 11 is 0. The average Bonchev–Trinajstić information content (AvgIpc) is 2.66. The van der Waals surface area contributed by atoms with E-state index < -0.39 is 17.8 Å². The predicted molar refractivity (Wildman–Crippen MR) is 61.3 cm³/mol. The van der Waals surface area contributed by atoms with Gasteiger partial charge in [0, 0.05) is 25.2 Å². The Kier molecular flexibility index (Phi) is 6.03. The van der Waals surface area contributed by atoms with Crippen molar-refractivity contribution < 1.29 is 23.9 Å². The SMILES string of the molecule is NCCOCCOC(=O)CCN1C(=O)C=CC1=O. The van der Waals surface area contributed by atoms with Crippen molar-refractivity contribution in [3.05, 3.63) is 12.2 Å². The van der Waals surface area contributed by atoms with E-state index in [0.29, 0.717) is 13.2 Å². The molecule has 0 saturated heterocycles. The molecule has 18 heavy (non-hydrogen) atoms. The molecule has 0 spiro atoms. The number of nitrogens with two attached hydrogens (primary N) is 1. The molecular weight excluding hydrogens is 240 g/mol. The lowest BCUT2D eigenvalue weighted by atomic mass is 10.4. The number of ether oxygens (including phenoxy) is 2. The Labute approximate surface area is 105 Å². The minimum Gasteiger partial charge on any atom is -0.463 e. The fourth-order valence-corrected chi connectivity index (χ4v) is 1.33. The molecule has 2 amide bonds. The third-order valence-corrected chi connectivity index (χ3v) is 2.19. The molecule has 2 N–H and O–H groups in total. The first kappa shape index (κ1) is 14.3. The maximum absolute atomic E-state index is 11.3. The second-order valence-corrected chi connectivity index (χ2v) is 3.53. The molecule has 0 radical (unpaired) electrons. The van der Waals surface area contributed by atoms with Crippen LogP contribution in [0.25, 0.3) is 0 Å². The summed E-state index contributed by atoms with van der Waals surface area (Å²) in [6.07, 6.45) is 2.33. The monoisotopic (exact) mass is 256 g/mol. The highest BCUT2D eigenvalue weighted by atomic mass is 16.6. The zero-order valence-corrected chi connectivity index (χ0v) is 9.96. The Balaban J connectivity index is 2.10. The van der Waals surface area contributed by atoms with Crippen LogP contribution in [-0.2, 0) is 23.9 Å². The smallest absolute Gasteiger partial charge is 0.307 e. The number of esters is 1. The van der Waals surface area contributed by atoms with E-state index in [9.17, 15) is 14.4 Å². The Hall–Kier alpha value is -1.73. The normalized spacial score (nSPS) is 14.4. The van der Waals surface area contributed by atoms with Gasteiger partial charge in [-0.15, -0.1) is 0 Å². The number of hydrogen-bond donors (Lipinski definition) is 1. The van der Waals surface area contributed by atoms with Crippen LogP contribution in [0.2, 0.25) is 0 Å². The maximum atomic E-state index is 11.3. The zero-order valence-electron chi connectivity index (χ0n) is 9.96. The van der Waals surface area contributed by atoms with Gasteiger partial charge in [0.05, 0.1) is 19.6 Å². The van der Waals surface area contributed by atoms with E-state index in [1.54, 1.807) is 0 Å². The number of imide groups is 1. The molecule has 7 nitrogen and oxygen atoms in total. The summed E-state index contributed by atoms with van der Waals surface area (Å²) in [5.74, 6) is -1.28. The summed E-state index contributed by atoms with van der Waals surface area (Å²) < 4.78 is 9.86. The van der Waals surface area contributed by atoms with Crippen LogP contribution in [0.5, 0.6) is 0 Å². The van der Waals surface area contributed by atoms with E-state index >= 15 is 0 Å². The van der Waals surface area contributed by atoms with Gasteiger partial charge in [0.25, 0.3) is 11.8 Å². The highest BCUT2D eigenvalue weighted by Gasteiger charge is 2.23. The summed E-state index contributed by atoms with van der Waals surface area (Å²) in [6, 6.07) is 0. The van der Waals surface area contributed by atoms with Gasteiger partial charge in [-0.05, 0) is 0 Å². The molecule has 7 heteroatoms. The molecular formula is C11H16N2O5. The van der Waals surface area contributed by atoms with Gasteiger partial charge in [-0.2, -0.15) is 0 Å². The Morgan fingerprint density at radius 3 is 2.44 bits per heavy atom. The largest absolute Gasteiger partial charge is 0.463 e. The van der Waals surface area contributed by atoms with E-state index in [0.717, 1.165) is 4.90 Å². The second-order valence-electron chi connectivity index (χ2n) is 3.53. The molecule has 1 aliphatic heterocycles. The third kappa shape index (κ3) is 4.64. The highest BCUT2D eigenvalue weighted by Crippen LogP contribution is 2.04. The number of amides is 2. The van der Waals surface area contributed by atoms with Crippen molar-refractivity contribution in [3.8, 4) is 0 Å². The maximum Gasteiger partial charge on any atom is 0.307 e. The lowest BCUT2D eigenvalue weighted by Gasteiger charge is -2.12. The number of rotatable bonds is 8. The lowest BCUT2D eigenvalue weighted by molar-refractivity contribution is -0.146. The summed E-state index contributed by atoms with van der Waals surface area (Å²) in [4.78, 5) is 34.6. The molecule has 0 bridgehead atoms. The van der Waals surface area contributed by atoms with Gasteiger partial charge in [0.15, 0.2) is 0 Å². The van der Waals surface area contributed by atoms with Crippen molar-refractivity contribution in [2.24, 2.45) is 5.73 Å². The van der Waals surface area contributed by atoms with Crippen molar-refractivity contribution in [1.82, 2.24) is 4.90 Å². The van der Waals surface area contributed by atoms with E-state index in [-0.39, 0.29) is 26.2 Å². The number of hydrogen-bond acceptors (Lipinski definition) is 6. The molecule has 0 atom stereocenters. The summed E-state index contributed by atoms with van der Waals surface area (Å²) in [5.41, 5.74) is 5.21. The van der Waals surface area contributed by atoms with Crippen molar-refractivity contribution in [3.63, 3.8) is 0 Å². The third-order valence-electron chi connectivity index (χ3n) is 2.19. The second kappa shape index (κ2) is 7.57. The molecule has 0 aliphatic carbocycles. The van der Waals surface area contributed by atoms with Gasteiger partial charge in [-0.1, -0.05) is 0 Å². The first-order valence-electron chi connectivity index (χ1n) is 5.62. The van der Waals surface area contributed by atoms with Crippen molar-refractivity contribution >= 4 is 17.8 Å². The zero-order chi connectivity index (χ0) is 13.4. The summed E-state index contributed by atoms with van der Waals surface area (Å²) in [5, 5.41) is 0. The van der Waals surface area contributed by atoms with Crippen molar-refractivity contribution in [2.75, 3.05) is 32.9 Å². The number of nitrogens with zero attached hydrogens (tertiary/aromatic N) is 1. The average molecular weight is 256 g/mol. The number of carbonyl (C=O) groups is 3. The molecule has 0 fully saturated rings. The molecule has 1 heterocycles. The fourth-order valence-electron chi connectivity index (χ4n) is 1.33. The Morgan fingerprint density at radius 1 is 1.17 bits per heavy atom. The van der Waals surface area contributed by atoms with Gasteiger partial charge in [-0.3, -0.25) is 19.3 Å². The fraction of sp³-hybridized carbons (Fsp3) is 0.545. The molecule has 0 aromatic rings. The van der Waals surface area contributed by atoms with Crippen molar-refractivity contribution in [1.29, 1.82) is 0 Å². The van der Waals surface area contributed by atoms with Crippen LogP contribution < -0.4 is 5.73 Å². The lowest BCUT2D eigenvalue weighted by Crippen LogP contribution is -2.32. The molecule has 0 saturated carbocycles. The van der Waals surface area contributed by atoms with Gasteiger partial charge in [0.1, 0.15) is 6.61 Å². The minimum atomic E-state index is -0.473. The van der Waals surface area contributed by atoms with Gasteiger partial charge >= 0.3 is 5.97 Å². The quantitative estimate of drug-likeness (QED) is 0.333. The number of carbonyl (C=O) groups excluding carboxylic acids is 3. The van der Waals surface area contributed by atoms with Gasteiger partial charge < -0.3 is 15.2 Å². The molecule has 0 unspecified atom stereocenters. The summed E-state index contributed by atoms with van der Waals surface area (Å²) in [6.45, 7) is 1.29. The van der Waals surface area contributed by atoms with Crippen LogP contribution in [0.1, 0.15) is 6.42 Å². The molecule has 0 aromatic carbocycles. The molecule has 1 aliphatic rings. The molecule has 100 valence electrons. The standard InChI is InChI=1S/C11H16N2O5/c12-4-6-17-7-8-18-11(16)3-5-13-9(14)1-2-10(13)15/h1-2H,3-8,12H2. The predicted octanol–water partition coefficient (Wildman–Crippen LogP) is -1.18. The van der Waals surface area contributed by atoms with E-state index in [2.05, 4.69) is 0 Å². The topological polar surface area (TPSA) is 98.9 Å². The van der Waals surface area contributed by atoms with Gasteiger partial charge in [-0.25, -0.2) is 0 Å². The molecule has 0 aromatic heterocycles. The van der Waals surface area contributed by atoms with Crippen LogP contribution in [0.4, 0.5) is 0 Å². The molecule has 1 rings (SSSR count). The van der Waals surface area contributed by atoms with Crippen LogP contribution in [-0.4, -0.2) is 55.6 Å². The van der Waals surface area contributed by atoms with Crippen LogP contribution >= 0.6 is 0 Å².